The standard InChI is InChI=1S/C24H23N5O2/c1-16(2)13-28-23(30)21-22(29(24(28)31)20-10-8-17(3)9-11-20)26-15-27(21)14-19-7-5-4-6-18(19)12-25/h4-11,15-16H,13-14H2,1-3H3. The molecular weight excluding hydrogens is 390 g/mol. The first-order valence-corrected chi connectivity index (χ1v) is 10.2. The Morgan fingerprint density at radius 3 is 2.45 bits per heavy atom. The fraction of sp³-hybridized carbons (Fsp3) is 0.250. The van der Waals surface area contributed by atoms with Gasteiger partial charge in [0.15, 0.2) is 11.2 Å². The minimum atomic E-state index is -0.405. The predicted molar refractivity (Wildman–Crippen MR) is 119 cm³/mol. The van der Waals surface area contributed by atoms with Crippen LogP contribution in [0.1, 0.15) is 30.5 Å². The van der Waals surface area contributed by atoms with Gasteiger partial charge in [0.1, 0.15) is 0 Å². The van der Waals surface area contributed by atoms with Gasteiger partial charge in [0.2, 0.25) is 0 Å². The van der Waals surface area contributed by atoms with Crippen LogP contribution >= 0.6 is 0 Å². The average Bonchev–Trinajstić information content (AvgIpc) is 3.16. The van der Waals surface area contributed by atoms with Crippen LogP contribution < -0.4 is 11.2 Å². The Hall–Kier alpha value is -3.92. The number of fused-ring (bicyclic) bond motifs is 1. The normalized spacial score (nSPS) is 11.2. The van der Waals surface area contributed by atoms with Crippen molar-refractivity contribution in [1.82, 2.24) is 18.7 Å². The van der Waals surface area contributed by atoms with Gasteiger partial charge in [0, 0.05) is 6.54 Å². The van der Waals surface area contributed by atoms with Crippen LogP contribution in [0.3, 0.4) is 0 Å². The Morgan fingerprint density at radius 1 is 1.06 bits per heavy atom. The minimum Gasteiger partial charge on any atom is -0.320 e. The molecule has 2 aromatic carbocycles. The van der Waals surface area contributed by atoms with Crippen LogP contribution in [0.2, 0.25) is 0 Å². The summed E-state index contributed by atoms with van der Waals surface area (Å²) in [6.07, 6.45) is 1.56. The highest BCUT2D eigenvalue weighted by atomic mass is 16.2. The zero-order valence-electron chi connectivity index (χ0n) is 17.7. The van der Waals surface area contributed by atoms with Crippen LogP contribution in [0.15, 0.2) is 64.4 Å². The van der Waals surface area contributed by atoms with Crippen LogP contribution in [0.4, 0.5) is 0 Å². The van der Waals surface area contributed by atoms with Crippen LogP contribution in [0.25, 0.3) is 16.9 Å². The van der Waals surface area contributed by atoms with E-state index < -0.39 is 5.69 Å². The molecule has 0 bridgehead atoms. The lowest BCUT2D eigenvalue weighted by Crippen LogP contribution is -2.41. The average molecular weight is 413 g/mol. The summed E-state index contributed by atoms with van der Waals surface area (Å²) in [5.41, 5.74) is 2.93. The summed E-state index contributed by atoms with van der Waals surface area (Å²) in [5.74, 6) is 0.116. The molecule has 0 saturated carbocycles. The Morgan fingerprint density at radius 2 is 1.77 bits per heavy atom. The van der Waals surface area contributed by atoms with E-state index in [1.807, 2.05) is 57.2 Å². The van der Waals surface area contributed by atoms with E-state index in [1.54, 1.807) is 23.0 Å². The molecular formula is C24H23N5O2. The largest absolute Gasteiger partial charge is 0.337 e. The molecule has 0 radical (unpaired) electrons. The molecule has 4 rings (SSSR count). The molecule has 0 aliphatic carbocycles. The molecule has 0 fully saturated rings. The number of nitrogens with zero attached hydrogens (tertiary/aromatic N) is 5. The number of hydrogen-bond acceptors (Lipinski definition) is 4. The van der Waals surface area contributed by atoms with Gasteiger partial charge < -0.3 is 4.57 Å². The maximum absolute atomic E-state index is 13.4. The smallest absolute Gasteiger partial charge is 0.320 e. The number of aromatic nitrogens is 4. The van der Waals surface area contributed by atoms with Gasteiger partial charge in [-0.2, -0.15) is 5.26 Å². The molecule has 0 unspecified atom stereocenters. The third kappa shape index (κ3) is 3.68. The molecule has 0 amide bonds. The molecule has 4 aromatic rings. The van der Waals surface area contributed by atoms with Gasteiger partial charge >= 0.3 is 5.69 Å². The van der Waals surface area contributed by atoms with Crippen molar-refractivity contribution in [3.05, 3.63) is 92.4 Å². The van der Waals surface area contributed by atoms with E-state index in [9.17, 15) is 14.9 Å². The highest BCUT2D eigenvalue weighted by Crippen LogP contribution is 2.17. The number of imidazole rings is 1. The van der Waals surface area contributed by atoms with Crippen molar-refractivity contribution in [2.45, 2.75) is 33.9 Å². The van der Waals surface area contributed by atoms with E-state index in [2.05, 4.69) is 11.1 Å². The summed E-state index contributed by atoms with van der Waals surface area (Å²) in [4.78, 5) is 31.1. The van der Waals surface area contributed by atoms with Gasteiger partial charge in [0.05, 0.1) is 30.2 Å². The van der Waals surface area contributed by atoms with E-state index in [-0.39, 0.29) is 11.5 Å². The van der Waals surface area contributed by atoms with Gasteiger partial charge in [0.25, 0.3) is 5.56 Å². The molecule has 0 aliphatic rings. The quantitative estimate of drug-likeness (QED) is 0.503. The van der Waals surface area contributed by atoms with Gasteiger partial charge in [-0.1, -0.05) is 49.7 Å². The second-order valence-corrected chi connectivity index (χ2v) is 8.08. The molecule has 7 heteroatoms. The Balaban J connectivity index is 2.00. The van der Waals surface area contributed by atoms with E-state index >= 15 is 0 Å². The van der Waals surface area contributed by atoms with Gasteiger partial charge in [-0.15, -0.1) is 0 Å². The van der Waals surface area contributed by atoms with Gasteiger partial charge in [-0.25, -0.2) is 14.3 Å². The summed E-state index contributed by atoms with van der Waals surface area (Å²) in [6, 6.07) is 17.0. The zero-order valence-corrected chi connectivity index (χ0v) is 17.7. The molecule has 0 atom stereocenters. The summed E-state index contributed by atoms with van der Waals surface area (Å²) in [7, 11) is 0. The third-order valence-corrected chi connectivity index (χ3v) is 5.22. The topological polar surface area (TPSA) is 85.6 Å². The first kappa shape index (κ1) is 20.4. The second-order valence-electron chi connectivity index (χ2n) is 8.08. The van der Waals surface area contributed by atoms with Crippen molar-refractivity contribution in [1.29, 1.82) is 5.26 Å². The highest BCUT2D eigenvalue weighted by Gasteiger charge is 2.20. The highest BCUT2D eigenvalue weighted by molar-refractivity contribution is 5.72. The van der Waals surface area contributed by atoms with Crippen molar-refractivity contribution in [3.63, 3.8) is 0 Å². The van der Waals surface area contributed by atoms with E-state index in [0.717, 1.165) is 11.1 Å². The molecule has 0 aliphatic heterocycles. The Labute approximate surface area is 179 Å². The van der Waals surface area contributed by atoms with Crippen molar-refractivity contribution < 1.29 is 0 Å². The molecule has 0 saturated heterocycles. The second kappa shape index (κ2) is 8.07. The lowest BCUT2D eigenvalue weighted by atomic mass is 10.1. The summed E-state index contributed by atoms with van der Waals surface area (Å²) >= 11 is 0. The van der Waals surface area contributed by atoms with Gasteiger partial charge in [-0.05, 0) is 36.6 Å². The van der Waals surface area contributed by atoms with Crippen LogP contribution in [0, 0.1) is 24.2 Å². The van der Waals surface area contributed by atoms with Crippen molar-refractivity contribution in [2.24, 2.45) is 5.92 Å². The lowest BCUT2D eigenvalue weighted by Gasteiger charge is -2.14. The molecule has 2 aromatic heterocycles. The predicted octanol–water partition coefficient (Wildman–Crippen LogP) is 3.23. The minimum absolute atomic E-state index is 0.116. The van der Waals surface area contributed by atoms with Gasteiger partial charge in [-0.3, -0.25) is 9.36 Å². The van der Waals surface area contributed by atoms with Crippen molar-refractivity contribution in [3.8, 4) is 11.8 Å². The van der Waals surface area contributed by atoms with E-state index in [4.69, 9.17) is 0 Å². The zero-order chi connectivity index (χ0) is 22.1. The molecule has 2 heterocycles. The van der Waals surface area contributed by atoms with E-state index in [1.165, 1.54) is 9.13 Å². The molecule has 7 nitrogen and oxygen atoms in total. The summed E-state index contributed by atoms with van der Waals surface area (Å²) < 4.78 is 4.49. The summed E-state index contributed by atoms with van der Waals surface area (Å²) in [5, 5.41) is 9.42. The van der Waals surface area contributed by atoms with Crippen molar-refractivity contribution in [2.75, 3.05) is 0 Å². The maximum Gasteiger partial charge on any atom is 0.337 e. The number of hydrogen-bond donors (Lipinski definition) is 0. The number of rotatable bonds is 5. The fourth-order valence-electron chi connectivity index (χ4n) is 3.70. The number of benzene rings is 2. The van der Waals surface area contributed by atoms with Crippen LogP contribution in [-0.2, 0) is 13.1 Å². The SMILES string of the molecule is Cc1ccc(-n2c(=O)n(CC(C)C)c(=O)c3c2ncn3Cc2ccccc2C#N)cc1. The maximum atomic E-state index is 13.4. The molecule has 156 valence electrons. The van der Waals surface area contributed by atoms with E-state index in [0.29, 0.717) is 35.5 Å². The first-order valence-electron chi connectivity index (χ1n) is 10.2. The lowest BCUT2D eigenvalue weighted by molar-refractivity contribution is 0.489. The molecule has 0 spiro atoms. The molecule has 0 N–H and O–H groups in total. The third-order valence-electron chi connectivity index (χ3n) is 5.22. The number of nitriles is 1. The van der Waals surface area contributed by atoms with Crippen LogP contribution in [0.5, 0.6) is 0 Å². The van der Waals surface area contributed by atoms with Crippen molar-refractivity contribution >= 4 is 11.2 Å². The van der Waals surface area contributed by atoms with Crippen LogP contribution in [-0.4, -0.2) is 18.7 Å². The summed E-state index contributed by atoms with van der Waals surface area (Å²) in [6.45, 7) is 6.52. The number of aryl methyl sites for hydroxylation is 1. The monoisotopic (exact) mass is 413 g/mol. The fourth-order valence-corrected chi connectivity index (χ4v) is 3.70. The Bertz CT molecular complexity index is 1420. The first-order chi connectivity index (χ1) is 14.9. The molecule has 31 heavy (non-hydrogen) atoms. The Kier molecular flexibility index (Phi) is 5.30.